The smallest absolute Gasteiger partial charge is 0.249 e. The molecule has 3 heteroatoms. The molecule has 1 fully saturated rings. The van der Waals surface area contributed by atoms with Gasteiger partial charge in [-0.05, 0) is 24.8 Å². The molecule has 0 bridgehead atoms. The van der Waals surface area contributed by atoms with Crippen LogP contribution < -0.4 is 10.5 Å². The van der Waals surface area contributed by atoms with Crippen molar-refractivity contribution in [1.82, 2.24) is 4.98 Å². The minimum atomic E-state index is -0.0132. The molecule has 1 unspecified atom stereocenters. The van der Waals surface area contributed by atoms with Crippen LogP contribution in [0.1, 0.15) is 19.8 Å². The summed E-state index contributed by atoms with van der Waals surface area (Å²) in [4.78, 5) is 16.1. The summed E-state index contributed by atoms with van der Waals surface area (Å²) in [5, 5.41) is 0. The van der Waals surface area contributed by atoms with E-state index in [2.05, 4.69) is 16.8 Å². The molecule has 1 atom stereocenters. The molecule has 0 aliphatic carbocycles. The maximum atomic E-state index is 11.1. The van der Waals surface area contributed by atoms with Gasteiger partial charge in [0.15, 0.2) is 0 Å². The molecule has 0 radical (unpaired) electrons. The van der Waals surface area contributed by atoms with Gasteiger partial charge in [-0.1, -0.05) is 6.92 Å². The van der Waals surface area contributed by atoms with Crippen molar-refractivity contribution in [1.29, 1.82) is 0 Å². The van der Waals surface area contributed by atoms with Crippen molar-refractivity contribution >= 4 is 5.69 Å². The number of nitrogens with zero attached hydrogens (tertiary/aromatic N) is 1. The predicted octanol–water partition coefficient (Wildman–Crippen LogP) is 1.61. The van der Waals surface area contributed by atoms with E-state index in [0.29, 0.717) is 0 Å². The van der Waals surface area contributed by atoms with Gasteiger partial charge in [-0.2, -0.15) is 0 Å². The van der Waals surface area contributed by atoms with Crippen LogP contribution in [-0.4, -0.2) is 18.1 Å². The normalized spacial score (nSPS) is 22.4. The van der Waals surface area contributed by atoms with Gasteiger partial charge in [0.05, 0.1) is 0 Å². The van der Waals surface area contributed by atoms with E-state index in [1.165, 1.54) is 12.8 Å². The number of hydrogen-bond acceptors (Lipinski definition) is 2. The molecule has 0 amide bonds. The van der Waals surface area contributed by atoms with Gasteiger partial charge in [-0.3, -0.25) is 4.79 Å². The van der Waals surface area contributed by atoms with Crippen molar-refractivity contribution < 1.29 is 0 Å². The Morgan fingerprint density at radius 1 is 1.57 bits per heavy atom. The zero-order chi connectivity index (χ0) is 9.97. The number of anilines is 1. The highest BCUT2D eigenvalue weighted by Gasteiger charge is 2.16. The van der Waals surface area contributed by atoms with Crippen LogP contribution in [0.4, 0.5) is 5.69 Å². The van der Waals surface area contributed by atoms with E-state index in [0.717, 1.165) is 24.7 Å². The van der Waals surface area contributed by atoms with E-state index in [1.807, 2.05) is 6.07 Å². The summed E-state index contributed by atoms with van der Waals surface area (Å²) < 4.78 is 0. The molecule has 0 aromatic carbocycles. The van der Waals surface area contributed by atoms with Gasteiger partial charge in [-0.25, -0.2) is 0 Å². The van der Waals surface area contributed by atoms with Crippen LogP contribution in [0.15, 0.2) is 23.1 Å². The average Bonchev–Trinajstić information content (AvgIpc) is 2.18. The Labute approximate surface area is 83.8 Å². The molecule has 1 N–H and O–H groups in total. The molecule has 0 spiro atoms. The SMILES string of the molecule is CC1CCCN(c2cc[nH]c(=O)c2)C1. The first kappa shape index (κ1) is 9.31. The summed E-state index contributed by atoms with van der Waals surface area (Å²) in [6, 6.07) is 3.65. The molecule has 2 rings (SSSR count). The van der Waals surface area contributed by atoms with Crippen LogP contribution in [0.3, 0.4) is 0 Å². The number of aromatic amines is 1. The lowest BCUT2D eigenvalue weighted by Crippen LogP contribution is -2.34. The summed E-state index contributed by atoms with van der Waals surface area (Å²) in [6.07, 6.45) is 4.25. The Hall–Kier alpha value is -1.25. The van der Waals surface area contributed by atoms with Gasteiger partial charge in [0.1, 0.15) is 0 Å². The standard InChI is InChI=1S/C11H16N2O/c1-9-3-2-6-13(8-9)10-4-5-12-11(14)7-10/h4-5,7,9H,2-3,6,8H2,1H3,(H,12,14). The zero-order valence-corrected chi connectivity index (χ0v) is 8.49. The fourth-order valence-corrected chi connectivity index (χ4v) is 2.05. The van der Waals surface area contributed by atoms with Crippen molar-refractivity contribution in [2.75, 3.05) is 18.0 Å². The van der Waals surface area contributed by atoms with Crippen LogP contribution in [0.2, 0.25) is 0 Å². The summed E-state index contributed by atoms with van der Waals surface area (Å²) in [7, 11) is 0. The lowest BCUT2D eigenvalue weighted by Gasteiger charge is -2.32. The average molecular weight is 192 g/mol. The molecular weight excluding hydrogens is 176 g/mol. The number of rotatable bonds is 1. The minimum Gasteiger partial charge on any atom is -0.371 e. The minimum absolute atomic E-state index is 0.0132. The number of H-pyrrole nitrogens is 1. The first-order valence-electron chi connectivity index (χ1n) is 5.19. The Balaban J connectivity index is 2.18. The van der Waals surface area contributed by atoms with Gasteiger partial charge in [0.25, 0.3) is 0 Å². The zero-order valence-electron chi connectivity index (χ0n) is 8.49. The Kier molecular flexibility index (Phi) is 2.57. The first-order valence-corrected chi connectivity index (χ1v) is 5.19. The fraction of sp³-hybridized carbons (Fsp3) is 0.545. The quantitative estimate of drug-likeness (QED) is 0.733. The van der Waals surface area contributed by atoms with Crippen LogP contribution in [0, 0.1) is 5.92 Å². The highest BCUT2D eigenvalue weighted by molar-refractivity contribution is 5.44. The molecule has 1 aromatic rings. The molecule has 1 aliphatic heterocycles. The molecule has 1 aliphatic rings. The Bertz CT molecular complexity index is 358. The third-order valence-corrected chi connectivity index (χ3v) is 2.78. The number of nitrogens with one attached hydrogen (secondary N) is 1. The Morgan fingerprint density at radius 2 is 2.43 bits per heavy atom. The maximum Gasteiger partial charge on any atom is 0.249 e. The van der Waals surface area contributed by atoms with Gasteiger partial charge < -0.3 is 9.88 Å². The van der Waals surface area contributed by atoms with E-state index >= 15 is 0 Å². The second-order valence-corrected chi connectivity index (χ2v) is 4.10. The fourth-order valence-electron chi connectivity index (χ4n) is 2.05. The van der Waals surface area contributed by atoms with Gasteiger partial charge in [-0.15, -0.1) is 0 Å². The predicted molar refractivity (Wildman–Crippen MR) is 57.7 cm³/mol. The third kappa shape index (κ3) is 1.97. The molecule has 0 saturated carbocycles. The van der Waals surface area contributed by atoms with Gasteiger partial charge >= 0.3 is 0 Å². The van der Waals surface area contributed by atoms with Crippen molar-refractivity contribution in [3.8, 4) is 0 Å². The monoisotopic (exact) mass is 192 g/mol. The highest BCUT2D eigenvalue weighted by Crippen LogP contribution is 2.20. The first-order chi connectivity index (χ1) is 6.75. The lowest BCUT2D eigenvalue weighted by atomic mass is 10.00. The summed E-state index contributed by atoms with van der Waals surface area (Å²) in [5.74, 6) is 0.739. The number of hydrogen-bond donors (Lipinski definition) is 1. The molecular formula is C11H16N2O. The van der Waals surface area contributed by atoms with E-state index in [1.54, 1.807) is 12.3 Å². The molecule has 1 saturated heterocycles. The molecule has 76 valence electrons. The van der Waals surface area contributed by atoms with Gasteiger partial charge in [0, 0.05) is 31.0 Å². The van der Waals surface area contributed by atoms with Crippen LogP contribution in [-0.2, 0) is 0 Å². The molecule has 3 nitrogen and oxygen atoms in total. The van der Waals surface area contributed by atoms with E-state index in [9.17, 15) is 4.79 Å². The van der Waals surface area contributed by atoms with E-state index in [4.69, 9.17) is 0 Å². The van der Waals surface area contributed by atoms with E-state index < -0.39 is 0 Å². The lowest BCUT2D eigenvalue weighted by molar-refractivity contribution is 0.446. The van der Waals surface area contributed by atoms with Crippen molar-refractivity contribution in [3.63, 3.8) is 0 Å². The molecule has 1 aromatic heterocycles. The summed E-state index contributed by atoms with van der Waals surface area (Å²) >= 11 is 0. The maximum absolute atomic E-state index is 11.1. The summed E-state index contributed by atoms with van der Waals surface area (Å²) in [6.45, 7) is 4.41. The van der Waals surface area contributed by atoms with E-state index in [-0.39, 0.29) is 5.56 Å². The van der Waals surface area contributed by atoms with Gasteiger partial charge in [0.2, 0.25) is 5.56 Å². The van der Waals surface area contributed by atoms with Crippen molar-refractivity contribution in [2.24, 2.45) is 5.92 Å². The molecule has 2 heterocycles. The third-order valence-electron chi connectivity index (χ3n) is 2.78. The van der Waals surface area contributed by atoms with Crippen LogP contribution >= 0.6 is 0 Å². The van der Waals surface area contributed by atoms with Crippen molar-refractivity contribution in [3.05, 3.63) is 28.7 Å². The number of pyridine rings is 1. The summed E-state index contributed by atoms with van der Waals surface area (Å²) in [5.41, 5.74) is 1.04. The number of piperidine rings is 1. The van der Waals surface area contributed by atoms with Crippen molar-refractivity contribution in [2.45, 2.75) is 19.8 Å². The second kappa shape index (κ2) is 3.86. The highest BCUT2D eigenvalue weighted by atomic mass is 16.1. The second-order valence-electron chi connectivity index (χ2n) is 4.10. The largest absolute Gasteiger partial charge is 0.371 e. The number of aromatic nitrogens is 1. The van der Waals surface area contributed by atoms with Crippen LogP contribution in [0.25, 0.3) is 0 Å². The van der Waals surface area contributed by atoms with Crippen LogP contribution in [0.5, 0.6) is 0 Å². The molecule has 14 heavy (non-hydrogen) atoms. The topological polar surface area (TPSA) is 36.1 Å². The Morgan fingerprint density at radius 3 is 3.14 bits per heavy atom.